The van der Waals surface area contributed by atoms with Crippen molar-refractivity contribution in [3.05, 3.63) is 28.8 Å². The molecule has 0 aromatic heterocycles. The molecule has 0 N–H and O–H groups in total. The Morgan fingerprint density at radius 2 is 2.25 bits per heavy atom. The van der Waals surface area contributed by atoms with Crippen molar-refractivity contribution in [2.24, 2.45) is 4.99 Å². The molecule has 1 aromatic rings. The van der Waals surface area contributed by atoms with E-state index >= 15 is 0 Å². The van der Waals surface area contributed by atoms with Gasteiger partial charge in [-0.2, -0.15) is 0 Å². The number of halogens is 1. The summed E-state index contributed by atoms with van der Waals surface area (Å²) in [5.74, 6) is 0.00981. The van der Waals surface area contributed by atoms with Crippen LogP contribution in [-0.2, 0) is 11.2 Å². The molecule has 60 valence electrons. The van der Waals surface area contributed by atoms with Crippen LogP contribution in [0, 0.1) is 0 Å². The molecule has 1 aliphatic rings. The summed E-state index contributed by atoms with van der Waals surface area (Å²) in [6.45, 7) is 0. The second kappa shape index (κ2) is 2.72. The van der Waals surface area contributed by atoms with E-state index < -0.39 is 0 Å². The zero-order chi connectivity index (χ0) is 8.55. The van der Waals surface area contributed by atoms with E-state index in [1.54, 1.807) is 6.07 Å². The first-order valence-corrected chi connectivity index (χ1v) is 3.99. The van der Waals surface area contributed by atoms with Gasteiger partial charge in [0.2, 0.25) is 0 Å². The highest BCUT2D eigenvalue weighted by Crippen LogP contribution is 2.28. The first-order chi connectivity index (χ1) is 5.77. The lowest BCUT2D eigenvalue weighted by Gasteiger charge is -2.09. The molecule has 1 aliphatic heterocycles. The van der Waals surface area contributed by atoms with E-state index in [0.717, 1.165) is 11.3 Å². The van der Waals surface area contributed by atoms with Gasteiger partial charge < -0.3 is 0 Å². The molecular weight excluding hydrogens is 174 g/mol. The Kier molecular flexibility index (Phi) is 1.70. The Bertz CT molecular complexity index is 371. The maximum atomic E-state index is 11.0. The van der Waals surface area contributed by atoms with Crippen molar-refractivity contribution in [2.45, 2.75) is 6.42 Å². The summed E-state index contributed by atoms with van der Waals surface area (Å²) < 4.78 is 0. The molecule has 0 radical (unpaired) electrons. The maximum Gasteiger partial charge on any atom is 0.178 e. The fraction of sp³-hybridized carbons (Fsp3) is 0.111. The summed E-state index contributed by atoms with van der Waals surface area (Å²) in [6, 6.07) is 5.45. The number of Topliss-reactive ketones (excluding diaryl/α,β-unsaturated/α-hetero) is 1. The SMILES string of the molecule is O=C1C=Nc2cccc(Cl)c2C1. The predicted octanol–water partition coefficient (Wildman–Crippen LogP) is 2.17. The lowest BCUT2D eigenvalue weighted by molar-refractivity contribution is -0.112. The minimum Gasteiger partial charge on any atom is -0.293 e. The Hall–Kier alpha value is -1.15. The van der Waals surface area contributed by atoms with Gasteiger partial charge in [-0.25, -0.2) is 0 Å². The fourth-order valence-electron chi connectivity index (χ4n) is 1.20. The van der Waals surface area contributed by atoms with Crippen molar-refractivity contribution in [1.82, 2.24) is 0 Å². The average Bonchev–Trinajstić information content (AvgIpc) is 2.07. The average molecular weight is 180 g/mol. The van der Waals surface area contributed by atoms with E-state index in [-0.39, 0.29) is 5.78 Å². The smallest absolute Gasteiger partial charge is 0.178 e. The van der Waals surface area contributed by atoms with Gasteiger partial charge in [0.1, 0.15) is 0 Å². The van der Waals surface area contributed by atoms with Gasteiger partial charge in [-0.05, 0) is 12.1 Å². The number of nitrogens with zero attached hydrogens (tertiary/aromatic N) is 1. The van der Waals surface area contributed by atoms with Crippen LogP contribution in [0.4, 0.5) is 5.69 Å². The van der Waals surface area contributed by atoms with Crippen molar-refractivity contribution in [2.75, 3.05) is 0 Å². The van der Waals surface area contributed by atoms with Crippen molar-refractivity contribution in [3.63, 3.8) is 0 Å². The van der Waals surface area contributed by atoms with Crippen molar-refractivity contribution in [3.8, 4) is 0 Å². The number of ketones is 1. The lowest BCUT2D eigenvalue weighted by atomic mass is 10.1. The molecule has 0 saturated carbocycles. The second-order valence-electron chi connectivity index (χ2n) is 2.64. The molecule has 0 spiro atoms. The van der Waals surface area contributed by atoms with Gasteiger partial charge in [-0.1, -0.05) is 17.7 Å². The van der Waals surface area contributed by atoms with Gasteiger partial charge in [0, 0.05) is 17.0 Å². The van der Waals surface area contributed by atoms with E-state index in [1.165, 1.54) is 6.21 Å². The first kappa shape index (κ1) is 7.50. The summed E-state index contributed by atoms with van der Waals surface area (Å²) >= 11 is 5.88. The van der Waals surface area contributed by atoms with Crippen LogP contribution in [0.25, 0.3) is 0 Å². The monoisotopic (exact) mass is 179 g/mol. The third-order valence-corrected chi connectivity index (χ3v) is 2.15. The molecule has 12 heavy (non-hydrogen) atoms. The van der Waals surface area contributed by atoms with Crippen LogP contribution in [0.15, 0.2) is 23.2 Å². The summed E-state index contributed by atoms with van der Waals surface area (Å²) in [6.07, 6.45) is 1.72. The van der Waals surface area contributed by atoms with E-state index in [4.69, 9.17) is 11.6 Å². The Balaban J connectivity index is 2.60. The van der Waals surface area contributed by atoms with Gasteiger partial charge in [0.05, 0.1) is 11.9 Å². The van der Waals surface area contributed by atoms with Crippen LogP contribution < -0.4 is 0 Å². The number of aliphatic imine (C=N–C) groups is 1. The zero-order valence-corrected chi connectivity index (χ0v) is 7.01. The zero-order valence-electron chi connectivity index (χ0n) is 6.25. The van der Waals surface area contributed by atoms with Gasteiger partial charge in [0.15, 0.2) is 5.78 Å². The third kappa shape index (κ3) is 1.14. The van der Waals surface area contributed by atoms with E-state index in [2.05, 4.69) is 4.99 Å². The highest BCUT2D eigenvalue weighted by molar-refractivity contribution is 6.34. The molecule has 2 nitrogen and oxygen atoms in total. The third-order valence-electron chi connectivity index (χ3n) is 1.79. The molecule has 0 aliphatic carbocycles. The quantitative estimate of drug-likeness (QED) is 0.600. The highest BCUT2D eigenvalue weighted by atomic mass is 35.5. The second-order valence-corrected chi connectivity index (χ2v) is 3.05. The number of benzene rings is 1. The van der Waals surface area contributed by atoms with Crippen LogP contribution in [0.1, 0.15) is 5.56 Å². The minimum absolute atomic E-state index is 0.00981. The molecule has 1 heterocycles. The molecule has 1 aromatic carbocycles. The molecule has 0 bridgehead atoms. The molecule has 2 rings (SSSR count). The van der Waals surface area contributed by atoms with Crippen LogP contribution in [0.2, 0.25) is 5.02 Å². The Morgan fingerprint density at radius 3 is 3.08 bits per heavy atom. The maximum absolute atomic E-state index is 11.0. The van der Waals surface area contributed by atoms with Gasteiger partial charge in [-0.3, -0.25) is 9.79 Å². The fourth-order valence-corrected chi connectivity index (χ4v) is 1.44. The number of rotatable bonds is 0. The molecular formula is C9H6ClNO. The number of carbonyl (C=O) groups excluding carboxylic acids is 1. The molecule has 0 saturated heterocycles. The normalized spacial score (nSPS) is 14.6. The van der Waals surface area contributed by atoms with Gasteiger partial charge in [-0.15, -0.1) is 0 Å². The van der Waals surface area contributed by atoms with Crippen LogP contribution >= 0.6 is 11.6 Å². The van der Waals surface area contributed by atoms with Crippen molar-refractivity contribution >= 4 is 29.3 Å². The number of hydrogen-bond donors (Lipinski definition) is 0. The van der Waals surface area contributed by atoms with E-state index in [9.17, 15) is 4.79 Å². The summed E-state index contributed by atoms with van der Waals surface area (Å²) in [4.78, 5) is 14.9. The molecule has 3 heteroatoms. The molecule has 0 atom stereocenters. The highest BCUT2D eigenvalue weighted by Gasteiger charge is 2.13. The molecule has 0 amide bonds. The first-order valence-electron chi connectivity index (χ1n) is 3.61. The van der Waals surface area contributed by atoms with Crippen LogP contribution in [-0.4, -0.2) is 12.0 Å². The molecule has 0 fully saturated rings. The molecule has 0 unspecified atom stereocenters. The van der Waals surface area contributed by atoms with Gasteiger partial charge in [0.25, 0.3) is 0 Å². The number of fused-ring (bicyclic) bond motifs is 1. The summed E-state index contributed by atoms with van der Waals surface area (Å²) in [5, 5.41) is 0.623. The van der Waals surface area contributed by atoms with Gasteiger partial charge >= 0.3 is 0 Å². The van der Waals surface area contributed by atoms with E-state index in [1.807, 2.05) is 12.1 Å². The van der Waals surface area contributed by atoms with Crippen LogP contribution in [0.5, 0.6) is 0 Å². The summed E-state index contributed by atoms with van der Waals surface area (Å²) in [7, 11) is 0. The predicted molar refractivity (Wildman–Crippen MR) is 48.3 cm³/mol. The summed E-state index contributed by atoms with van der Waals surface area (Å²) in [5.41, 5.74) is 1.65. The Labute approximate surface area is 74.9 Å². The lowest BCUT2D eigenvalue weighted by Crippen LogP contribution is -2.08. The minimum atomic E-state index is 0.00981. The largest absolute Gasteiger partial charge is 0.293 e. The number of hydrogen-bond acceptors (Lipinski definition) is 2. The topological polar surface area (TPSA) is 29.4 Å². The van der Waals surface area contributed by atoms with E-state index in [0.29, 0.717) is 11.4 Å². The van der Waals surface area contributed by atoms with Crippen molar-refractivity contribution in [1.29, 1.82) is 0 Å². The van der Waals surface area contributed by atoms with Crippen molar-refractivity contribution < 1.29 is 4.79 Å². The Morgan fingerprint density at radius 1 is 1.42 bits per heavy atom. The van der Waals surface area contributed by atoms with Crippen LogP contribution in [0.3, 0.4) is 0 Å². The standard InChI is InChI=1S/C9H6ClNO/c10-8-2-1-3-9-7(8)4-6(12)5-11-9/h1-3,5H,4H2. The number of carbonyl (C=O) groups is 1.